The third-order valence-electron chi connectivity index (χ3n) is 2.47. The van der Waals surface area contributed by atoms with Gasteiger partial charge in [0.05, 0.1) is 26.1 Å². The molecule has 0 saturated heterocycles. The van der Waals surface area contributed by atoms with Crippen LogP contribution in [0.2, 0.25) is 5.02 Å². The first kappa shape index (κ1) is 15.4. The van der Waals surface area contributed by atoms with E-state index in [0.29, 0.717) is 15.2 Å². The van der Waals surface area contributed by atoms with E-state index in [2.05, 4.69) is 21.2 Å². The highest BCUT2D eigenvalue weighted by Gasteiger charge is 2.25. The monoisotopic (exact) mass is 348 g/mol. The standard InChI is InChI=1S/C12H14BrClN2OS/c1-6(2)9(11(15)18)12(17)16-8-5-3-4-7(14)10(8)13/h3-6,9H,1-2H3,(H2,15,18)(H,16,17). The van der Waals surface area contributed by atoms with Crippen molar-refractivity contribution in [1.29, 1.82) is 0 Å². The quantitative estimate of drug-likeness (QED) is 0.817. The van der Waals surface area contributed by atoms with E-state index in [1.165, 1.54) is 0 Å². The van der Waals surface area contributed by atoms with E-state index in [4.69, 9.17) is 29.6 Å². The van der Waals surface area contributed by atoms with Gasteiger partial charge in [-0.25, -0.2) is 0 Å². The molecule has 0 fully saturated rings. The van der Waals surface area contributed by atoms with Crippen LogP contribution < -0.4 is 11.1 Å². The predicted octanol–water partition coefficient (Wildman–Crippen LogP) is 3.60. The topological polar surface area (TPSA) is 55.1 Å². The number of hydrogen-bond acceptors (Lipinski definition) is 2. The van der Waals surface area contributed by atoms with Crippen LogP contribution in [0.4, 0.5) is 5.69 Å². The van der Waals surface area contributed by atoms with Crippen molar-refractivity contribution in [2.45, 2.75) is 13.8 Å². The van der Waals surface area contributed by atoms with Gasteiger partial charge < -0.3 is 11.1 Å². The number of carbonyl (C=O) groups is 1. The first-order valence-corrected chi connectivity index (χ1v) is 6.96. The Hall–Kier alpha value is -0.650. The van der Waals surface area contributed by atoms with Gasteiger partial charge in [0.25, 0.3) is 0 Å². The number of anilines is 1. The fraction of sp³-hybridized carbons (Fsp3) is 0.333. The smallest absolute Gasteiger partial charge is 0.234 e. The molecule has 1 atom stereocenters. The lowest BCUT2D eigenvalue weighted by Gasteiger charge is -2.19. The lowest BCUT2D eigenvalue weighted by molar-refractivity contribution is -0.118. The number of hydrogen-bond donors (Lipinski definition) is 2. The van der Waals surface area contributed by atoms with Gasteiger partial charge in [-0.1, -0.05) is 43.7 Å². The summed E-state index contributed by atoms with van der Waals surface area (Å²) in [7, 11) is 0. The Morgan fingerprint density at radius 3 is 2.61 bits per heavy atom. The van der Waals surface area contributed by atoms with E-state index < -0.39 is 5.92 Å². The fourth-order valence-electron chi connectivity index (χ4n) is 1.57. The SMILES string of the molecule is CC(C)C(C(=O)Nc1cccc(Cl)c1Br)C(N)=S. The third-order valence-corrected chi connectivity index (χ3v) is 4.12. The fourth-order valence-corrected chi connectivity index (χ4v) is 2.49. The Labute approximate surface area is 125 Å². The number of amides is 1. The molecule has 3 nitrogen and oxygen atoms in total. The number of nitrogens with one attached hydrogen (secondary N) is 1. The minimum absolute atomic E-state index is 0.0421. The second-order valence-electron chi connectivity index (χ2n) is 4.21. The van der Waals surface area contributed by atoms with Gasteiger partial charge in [0.1, 0.15) is 0 Å². The van der Waals surface area contributed by atoms with Crippen LogP contribution in [0.3, 0.4) is 0 Å². The number of carbonyl (C=O) groups excluding carboxylic acids is 1. The molecule has 0 aromatic heterocycles. The maximum atomic E-state index is 12.1. The molecule has 1 amide bonds. The molecule has 1 unspecified atom stereocenters. The summed E-state index contributed by atoms with van der Waals surface area (Å²) in [5.41, 5.74) is 6.20. The maximum absolute atomic E-state index is 12.1. The average Bonchev–Trinajstić information content (AvgIpc) is 2.23. The number of rotatable bonds is 4. The molecule has 98 valence electrons. The van der Waals surface area contributed by atoms with Crippen LogP contribution in [-0.2, 0) is 4.79 Å². The van der Waals surface area contributed by atoms with Gasteiger partial charge in [-0.05, 0) is 34.0 Å². The molecule has 0 bridgehead atoms. The minimum atomic E-state index is -0.495. The molecule has 0 heterocycles. The van der Waals surface area contributed by atoms with Crippen LogP contribution in [0.1, 0.15) is 13.8 Å². The highest BCUT2D eigenvalue weighted by molar-refractivity contribution is 9.10. The summed E-state index contributed by atoms with van der Waals surface area (Å²) in [5, 5.41) is 3.31. The van der Waals surface area contributed by atoms with Crippen LogP contribution in [0.5, 0.6) is 0 Å². The van der Waals surface area contributed by atoms with Crippen LogP contribution in [0.15, 0.2) is 22.7 Å². The summed E-state index contributed by atoms with van der Waals surface area (Å²) in [6.45, 7) is 3.80. The summed E-state index contributed by atoms with van der Waals surface area (Å²) in [6.07, 6.45) is 0. The number of benzene rings is 1. The molecule has 0 radical (unpaired) electrons. The molecule has 1 aromatic rings. The summed E-state index contributed by atoms with van der Waals surface area (Å²) in [4.78, 5) is 12.3. The van der Waals surface area contributed by atoms with Gasteiger partial charge in [0, 0.05) is 0 Å². The van der Waals surface area contributed by atoms with Crippen molar-refractivity contribution in [2.75, 3.05) is 5.32 Å². The van der Waals surface area contributed by atoms with Crippen molar-refractivity contribution in [1.82, 2.24) is 0 Å². The molecule has 1 rings (SSSR count). The Morgan fingerprint density at radius 1 is 1.50 bits per heavy atom. The van der Waals surface area contributed by atoms with Gasteiger partial charge in [-0.15, -0.1) is 0 Å². The summed E-state index contributed by atoms with van der Waals surface area (Å²) in [6, 6.07) is 5.24. The molecule has 6 heteroatoms. The second-order valence-corrected chi connectivity index (χ2v) is 5.89. The molecular formula is C12H14BrClN2OS. The van der Waals surface area contributed by atoms with Gasteiger partial charge in [0.15, 0.2) is 0 Å². The normalized spacial score (nSPS) is 12.3. The van der Waals surface area contributed by atoms with Crippen LogP contribution >= 0.6 is 39.7 Å². The highest BCUT2D eigenvalue weighted by atomic mass is 79.9. The van der Waals surface area contributed by atoms with Crippen molar-refractivity contribution < 1.29 is 4.79 Å². The Bertz CT molecular complexity index is 479. The molecule has 18 heavy (non-hydrogen) atoms. The largest absolute Gasteiger partial charge is 0.393 e. The van der Waals surface area contributed by atoms with E-state index in [9.17, 15) is 4.79 Å². The Morgan fingerprint density at radius 2 is 2.11 bits per heavy atom. The number of thiocarbonyl (C=S) groups is 1. The van der Waals surface area contributed by atoms with Gasteiger partial charge in [-0.3, -0.25) is 4.79 Å². The molecular weight excluding hydrogens is 336 g/mol. The highest BCUT2D eigenvalue weighted by Crippen LogP contribution is 2.30. The number of nitrogens with two attached hydrogens (primary N) is 1. The second kappa shape index (κ2) is 6.50. The van der Waals surface area contributed by atoms with Crippen LogP contribution in [0, 0.1) is 11.8 Å². The van der Waals surface area contributed by atoms with E-state index in [-0.39, 0.29) is 16.8 Å². The molecule has 3 N–H and O–H groups in total. The summed E-state index contributed by atoms with van der Waals surface area (Å²) < 4.78 is 0.644. The zero-order valence-electron chi connectivity index (χ0n) is 10.0. The Balaban J connectivity index is 2.93. The average molecular weight is 350 g/mol. The first-order valence-electron chi connectivity index (χ1n) is 5.38. The van der Waals surface area contributed by atoms with E-state index in [0.717, 1.165) is 0 Å². The van der Waals surface area contributed by atoms with Crippen molar-refractivity contribution in [3.8, 4) is 0 Å². The molecule has 0 aliphatic heterocycles. The van der Waals surface area contributed by atoms with Crippen molar-refractivity contribution in [3.63, 3.8) is 0 Å². The summed E-state index contributed by atoms with van der Waals surface area (Å²) in [5.74, 6) is -0.674. The first-order chi connectivity index (χ1) is 8.34. The lowest BCUT2D eigenvalue weighted by Crippen LogP contribution is -2.36. The summed E-state index contributed by atoms with van der Waals surface area (Å²) >= 11 is 14.2. The molecule has 0 saturated carbocycles. The zero-order chi connectivity index (χ0) is 13.9. The van der Waals surface area contributed by atoms with Crippen LogP contribution in [-0.4, -0.2) is 10.9 Å². The molecule has 0 spiro atoms. The predicted molar refractivity (Wildman–Crippen MR) is 82.9 cm³/mol. The van der Waals surface area contributed by atoms with Gasteiger partial charge >= 0.3 is 0 Å². The van der Waals surface area contributed by atoms with Gasteiger partial charge in [0.2, 0.25) is 5.91 Å². The van der Waals surface area contributed by atoms with Crippen molar-refractivity contribution in [3.05, 3.63) is 27.7 Å². The molecule has 0 aliphatic rings. The number of halogens is 2. The molecule has 0 aliphatic carbocycles. The Kier molecular flexibility index (Phi) is 5.56. The molecule has 1 aromatic carbocycles. The van der Waals surface area contributed by atoms with Crippen LogP contribution in [0.25, 0.3) is 0 Å². The van der Waals surface area contributed by atoms with Crippen molar-refractivity contribution in [2.24, 2.45) is 17.6 Å². The van der Waals surface area contributed by atoms with Gasteiger partial charge in [-0.2, -0.15) is 0 Å². The minimum Gasteiger partial charge on any atom is -0.393 e. The van der Waals surface area contributed by atoms with E-state index in [1.54, 1.807) is 18.2 Å². The van der Waals surface area contributed by atoms with E-state index >= 15 is 0 Å². The zero-order valence-corrected chi connectivity index (χ0v) is 13.2. The third kappa shape index (κ3) is 3.67. The lowest BCUT2D eigenvalue weighted by atomic mass is 9.95. The van der Waals surface area contributed by atoms with E-state index in [1.807, 2.05) is 13.8 Å². The maximum Gasteiger partial charge on any atom is 0.234 e. The van der Waals surface area contributed by atoms with Crippen molar-refractivity contribution >= 4 is 56.3 Å².